The molecule has 0 aliphatic rings. The van der Waals surface area contributed by atoms with E-state index in [0.717, 1.165) is 12.3 Å². The molecule has 1 unspecified atom stereocenters. The molecule has 0 aromatic carbocycles. The molecule has 1 aromatic rings. The molecule has 1 N–H and O–H groups in total. The number of ether oxygens (including phenoxy) is 1. The number of esters is 1. The van der Waals surface area contributed by atoms with Gasteiger partial charge in [-0.2, -0.15) is 13.2 Å². The first-order valence-electron chi connectivity index (χ1n) is 5.21. The number of pyridine rings is 1. The van der Waals surface area contributed by atoms with Crippen LogP contribution in [0.1, 0.15) is 35.5 Å². The van der Waals surface area contributed by atoms with Crippen LogP contribution in [-0.2, 0) is 4.74 Å². The summed E-state index contributed by atoms with van der Waals surface area (Å²) in [4.78, 5) is 15.0. The number of hydrogen-bond donors (Lipinski definition) is 1. The van der Waals surface area contributed by atoms with Gasteiger partial charge in [0.2, 0.25) is 0 Å². The van der Waals surface area contributed by atoms with Gasteiger partial charge in [-0.15, -0.1) is 0 Å². The summed E-state index contributed by atoms with van der Waals surface area (Å²) in [6.45, 7) is 1.73. The van der Waals surface area contributed by atoms with Gasteiger partial charge in [-0.1, -0.05) is 0 Å². The predicted molar refractivity (Wildman–Crippen MR) is 55.8 cm³/mol. The van der Waals surface area contributed by atoms with E-state index in [2.05, 4.69) is 9.72 Å². The first-order valence-corrected chi connectivity index (χ1v) is 5.21. The molecule has 7 heteroatoms. The van der Waals surface area contributed by atoms with Crippen molar-refractivity contribution in [2.75, 3.05) is 6.61 Å². The highest BCUT2D eigenvalue weighted by Crippen LogP contribution is 2.29. The fourth-order valence-electron chi connectivity index (χ4n) is 1.31. The van der Waals surface area contributed by atoms with Gasteiger partial charge in [-0.3, -0.25) is 0 Å². The van der Waals surface area contributed by atoms with Crippen LogP contribution in [0.25, 0.3) is 0 Å². The number of nitrogens with zero attached hydrogens (tertiary/aromatic N) is 1. The SMILES string of the molecule is CCOC(=O)c1cc(C(O)CC(F)(F)F)ccn1. The Morgan fingerprint density at radius 2 is 2.22 bits per heavy atom. The maximum atomic E-state index is 12.1. The average molecular weight is 263 g/mol. The van der Waals surface area contributed by atoms with E-state index in [9.17, 15) is 23.1 Å². The number of rotatable bonds is 4. The fraction of sp³-hybridized carbons (Fsp3) is 0.455. The smallest absolute Gasteiger partial charge is 0.391 e. The Labute approximate surface area is 101 Å². The van der Waals surface area contributed by atoms with Crippen molar-refractivity contribution in [3.8, 4) is 0 Å². The van der Waals surface area contributed by atoms with Gasteiger partial charge in [0.15, 0.2) is 0 Å². The van der Waals surface area contributed by atoms with Crippen molar-refractivity contribution in [3.63, 3.8) is 0 Å². The molecule has 0 radical (unpaired) electrons. The number of carbonyl (C=O) groups is 1. The zero-order chi connectivity index (χ0) is 13.8. The lowest BCUT2D eigenvalue weighted by Gasteiger charge is -2.13. The normalized spacial score (nSPS) is 13.2. The van der Waals surface area contributed by atoms with E-state index >= 15 is 0 Å². The quantitative estimate of drug-likeness (QED) is 0.846. The monoisotopic (exact) mass is 263 g/mol. The van der Waals surface area contributed by atoms with E-state index in [0.29, 0.717) is 0 Å². The van der Waals surface area contributed by atoms with Crippen LogP contribution in [0.15, 0.2) is 18.3 Å². The molecule has 0 aliphatic carbocycles. The minimum Gasteiger partial charge on any atom is -0.461 e. The van der Waals surface area contributed by atoms with Crippen molar-refractivity contribution in [1.82, 2.24) is 4.98 Å². The van der Waals surface area contributed by atoms with Gasteiger partial charge in [0.1, 0.15) is 5.69 Å². The second-order valence-corrected chi connectivity index (χ2v) is 3.53. The summed E-state index contributed by atoms with van der Waals surface area (Å²) in [6.07, 6.45) is -6.42. The van der Waals surface area contributed by atoms with Crippen LogP contribution in [0.3, 0.4) is 0 Å². The molecule has 18 heavy (non-hydrogen) atoms. The summed E-state index contributed by atoms with van der Waals surface area (Å²) in [5, 5.41) is 9.39. The van der Waals surface area contributed by atoms with Crippen LogP contribution in [0.4, 0.5) is 13.2 Å². The molecule has 1 atom stereocenters. The Kier molecular flexibility index (Phi) is 4.66. The van der Waals surface area contributed by atoms with E-state index in [1.807, 2.05) is 0 Å². The Morgan fingerprint density at radius 3 is 2.78 bits per heavy atom. The third-order valence-corrected chi connectivity index (χ3v) is 2.08. The highest BCUT2D eigenvalue weighted by molar-refractivity contribution is 5.87. The minimum absolute atomic E-state index is 0.0228. The highest BCUT2D eigenvalue weighted by Gasteiger charge is 2.32. The average Bonchev–Trinajstić information content (AvgIpc) is 2.27. The molecule has 1 rings (SSSR count). The molecule has 0 spiro atoms. The molecule has 0 bridgehead atoms. The van der Waals surface area contributed by atoms with Crippen LogP contribution in [0.2, 0.25) is 0 Å². The lowest BCUT2D eigenvalue weighted by molar-refractivity contribution is -0.154. The highest BCUT2D eigenvalue weighted by atomic mass is 19.4. The molecule has 0 saturated heterocycles. The molecule has 0 saturated carbocycles. The summed E-state index contributed by atoms with van der Waals surface area (Å²) in [7, 11) is 0. The van der Waals surface area contributed by atoms with Crippen LogP contribution in [-0.4, -0.2) is 28.8 Å². The molecule has 1 aromatic heterocycles. The summed E-state index contributed by atoms with van der Waals surface area (Å²) in [5.41, 5.74) is -0.152. The van der Waals surface area contributed by atoms with Gasteiger partial charge >= 0.3 is 12.1 Å². The van der Waals surface area contributed by atoms with Crippen molar-refractivity contribution < 1.29 is 27.8 Å². The maximum absolute atomic E-state index is 12.1. The Hall–Kier alpha value is -1.63. The van der Waals surface area contributed by atoms with Crippen molar-refractivity contribution in [2.45, 2.75) is 25.6 Å². The van der Waals surface area contributed by atoms with Gasteiger partial charge < -0.3 is 9.84 Å². The number of hydrogen-bond acceptors (Lipinski definition) is 4. The van der Waals surface area contributed by atoms with Gasteiger partial charge in [-0.05, 0) is 24.6 Å². The van der Waals surface area contributed by atoms with Crippen LogP contribution in [0, 0.1) is 0 Å². The second-order valence-electron chi connectivity index (χ2n) is 3.53. The minimum atomic E-state index is -4.48. The van der Waals surface area contributed by atoms with Crippen molar-refractivity contribution in [2.24, 2.45) is 0 Å². The molecular formula is C11H12F3NO3. The van der Waals surface area contributed by atoms with Crippen molar-refractivity contribution in [3.05, 3.63) is 29.6 Å². The summed E-state index contributed by atoms with van der Waals surface area (Å²) in [5.74, 6) is -0.737. The maximum Gasteiger partial charge on any atom is 0.391 e. The molecule has 4 nitrogen and oxygen atoms in total. The number of carbonyl (C=O) groups excluding carboxylic acids is 1. The fourth-order valence-corrected chi connectivity index (χ4v) is 1.31. The number of halogens is 3. The molecule has 100 valence electrons. The third-order valence-electron chi connectivity index (χ3n) is 2.08. The third kappa shape index (κ3) is 4.33. The van der Waals surface area contributed by atoms with E-state index in [-0.39, 0.29) is 17.9 Å². The van der Waals surface area contributed by atoms with Gasteiger partial charge in [0.05, 0.1) is 19.1 Å². The number of aliphatic hydroxyl groups is 1. The summed E-state index contributed by atoms with van der Waals surface area (Å²) < 4.78 is 41.0. The van der Waals surface area contributed by atoms with Crippen molar-refractivity contribution in [1.29, 1.82) is 0 Å². The molecule has 0 amide bonds. The lowest BCUT2D eigenvalue weighted by Crippen LogP contribution is -2.14. The van der Waals surface area contributed by atoms with Gasteiger partial charge in [-0.25, -0.2) is 9.78 Å². The first-order chi connectivity index (χ1) is 8.33. The second kappa shape index (κ2) is 5.81. The Balaban J connectivity index is 2.84. The van der Waals surface area contributed by atoms with Gasteiger partial charge in [0, 0.05) is 6.20 Å². The predicted octanol–water partition coefficient (Wildman–Crippen LogP) is 2.24. The zero-order valence-corrected chi connectivity index (χ0v) is 9.57. The number of alkyl halides is 3. The molecular weight excluding hydrogens is 251 g/mol. The molecule has 0 fully saturated rings. The zero-order valence-electron chi connectivity index (χ0n) is 9.57. The van der Waals surface area contributed by atoms with E-state index in [4.69, 9.17) is 0 Å². The topological polar surface area (TPSA) is 59.4 Å². The molecule has 1 heterocycles. The number of aliphatic hydroxyl groups excluding tert-OH is 1. The van der Waals surface area contributed by atoms with Crippen LogP contribution >= 0.6 is 0 Å². The van der Waals surface area contributed by atoms with Crippen molar-refractivity contribution >= 4 is 5.97 Å². The first kappa shape index (κ1) is 14.4. The summed E-state index contributed by atoms with van der Waals surface area (Å²) >= 11 is 0. The Bertz CT molecular complexity index is 420. The molecule has 0 aliphatic heterocycles. The van der Waals surface area contributed by atoms with Gasteiger partial charge in [0.25, 0.3) is 0 Å². The van der Waals surface area contributed by atoms with Crippen LogP contribution in [0.5, 0.6) is 0 Å². The summed E-state index contributed by atoms with van der Waals surface area (Å²) in [6, 6.07) is 2.31. The van der Waals surface area contributed by atoms with E-state index in [1.165, 1.54) is 6.07 Å². The lowest BCUT2D eigenvalue weighted by atomic mass is 10.1. The largest absolute Gasteiger partial charge is 0.461 e. The Morgan fingerprint density at radius 1 is 1.56 bits per heavy atom. The van der Waals surface area contributed by atoms with E-state index in [1.54, 1.807) is 6.92 Å². The van der Waals surface area contributed by atoms with E-state index < -0.39 is 24.7 Å². The van der Waals surface area contributed by atoms with Crippen LogP contribution < -0.4 is 0 Å². The standard InChI is InChI=1S/C11H12F3NO3/c1-2-18-10(17)8-5-7(3-4-15-8)9(16)6-11(12,13)14/h3-5,9,16H,2,6H2,1H3. The number of aromatic nitrogens is 1.